The Morgan fingerprint density at radius 3 is 2.06 bits per heavy atom. The summed E-state index contributed by atoms with van der Waals surface area (Å²) in [4.78, 5) is 13.4. The largest absolute Gasteiger partial charge is 0.484 e. The van der Waals surface area contributed by atoms with E-state index in [1.807, 2.05) is 39.0 Å². The van der Waals surface area contributed by atoms with Gasteiger partial charge in [0.05, 0.1) is 10.6 Å². The fourth-order valence-electron chi connectivity index (χ4n) is 3.42. The molecule has 0 aliphatic rings. The second-order valence-electron chi connectivity index (χ2n) is 9.26. The molecule has 3 aromatic carbocycles. The molecule has 0 aliphatic heterocycles. The lowest BCUT2D eigenvalue weighted by Crippen LogP contribution is -2.40. The third-order valence-electron chi connectivity index (χ3n) is 5.66. The first-order chi connectivity index (χ1) is 15.4. The summed E-state index contributed by atoms with van der Waals surface area (Å²) >= 11 is 0. The fourth-order valence-corrected chi connectivity index (χ4v) is 4.89. The normalized spacial score (nSPS) is 11.8. The second kappa shape index (κ2) is 9.40. The molecule has 6 heteroatoms. The molecule has 0 aromatic heterocycles. The van der Waals surface area contributed by atoms with Gasteiger partial charge in [-0.3, -0.25) is 4.79 Å². The molecule has 174 valence electrons. The minimum atomic E-state index is -4.14. The van der Waals surface area contributed by atoms with Crippen molar-refractivity contribution in [2.75, 3.05) is 10.9 Å². The zero-order chi connectivity index (χ0) is 24.4. The number of rotatable bonds is 6. The summed E-state index contributed by atoms with van der Waals surface area (Å²) in [5.41, 5.74) is 4.00. The molecular formula is C27H31NO4S. The molecule has 0 heterocycles. The molecule has 0 spiro atoms. The molecule has 0 aliphatic carbocycles. The number of carbonyl (C=O) groups is 1. The van der Waals surface area contributed by atoms with Crippen LogP contribution in [-0.2, 0) is 20.2 Å². The van der Waals surface area contributed by atoms with Crippen LogP contribution < -0.4 is 9.04 Å². The van der Waals surface area contributed by atoms with E-state index in [0.29, 0.717) is 11.4 Å². The van der Waals surface area contributed by atoms with Gasteiger partial charge in [-0.25, -0.2) is 8.42 Å². The topological polar surface area (TPSA) is 63.7 Å². The van der Waals surface area contributed by atoms with Crippen LogP contribution in [0.5, 0.6) is 5.75 Å². The van der Waals surface area contributed by atoms with Gasteiger partial charge in [-0.2, -0.15) is 4.31 Å². The van der Waals surface area contributed by atoms with E-state index in [1.165, 1.54) is 12.1 Å². The second-order valence-corrected chi connectivity index (χ2v) is 11.0. The lowest BCUT2D eigenvalue weighted by molar-refractivity contribution is -0.119. The van der Waals surface area contributed by atoms with Crippen molar-refractivity contribution >= 4 is 21.6 Å². The van der Waals surface area contributed by atoms with Gasteiger partial charge >= 0.3 is 0 Å². The van der Waals surface area contributed by atoms with Gasteiger partial charge < -0.3 is 4.74 Å². The molecule has 0 N–H and O–H groups in total. The molecule has 0 unspecified atom stereocenters. The molecule has 0 saturated carbocycles. The number of anilines is 1. The molecule has 1 amide bonds. The van der Waals surface area contributed by atoms with E-state index in [2.05, 4.69) is 20.8 Å². The summed E-state index contributed by atoms with van der Waals surface area (Å²) in [6, 6.07) is 19.2. The van der Waals surface area contributed by atoms with E-state index in [9.17, 15) is 13.2 Å². The molecule has 0 fully saturated rings. The zero-order valence-electron chi connectivity index (χ0n) is 20.0. The highest BCUT2D eigenvalue weighted by molar-refractivity contribution is 7.93. The van der Waals surface area contributed by atoms with E-state index in [4.69, 9.17) is 4.74 Å². The summed E-state index contributed by atoms with van der Waals surface area (Å²) in [5, 5.41) is 0. The number of ether oxygens (including phenoxy) is 1. The lowest BCUT2D eigenvalue weighted by atomic mass is 9.87. The van der Waals surface area contributed by atoms with E-state index in [-0.39, 0.29) is 10.3 Å². The Hall–Kier alpha value is -3.12. The van der Waals surface area contributed by atoms with E-state index in [1.54, 1.807) is 36.4 Å². The maximum atomic E-state index is 13.6. The van der Waals surface area contributed by atoms with Crippen molar-refractivity contribution in [3.05, 3.63) is 89.0 Å². The first-order valence-corrected chi connectivity index (χ1v) is 12.3. The van der Waals surface area contributed by atoms with E-state index in [0.717, 1.165) is 26.6 Å². The molecule has 0 saturated heterocycles. The van der Waals surface area contributed by atoms with Crippen LogP contribution in [0.4, 0.5) is 5.69 Å². The van der Waals surface area contributed by atoms with Gasteiger partial charge in [-0.15, -0.1) is 0 Å². The van der Waals surface area contributed by atoms with Gasteiger partial charge in [0.1, 0.15) is 5.75 Å². The van der Waals surface area contributed by atoms with Crippen molar-refractivity contribution in [1.82, 2.24) is 0 Å². The molecule has 3 aromatic rings. The number of hydrogen-bond acceptors (Lipinski definition) is 4. The van der Waals surface area contributed by atoms with E-state index < -0.39 is 22.5 Å². The van der Waals surface area contributed by atoms with Crippen molar-refractivity contribution in [3.63, 3.8) is 0 Å². The third kappa shape index (κ3) is 5.45. The van der Waals surface area contributed by atoms with Crippen molar-refractivity contribution in [2.24, 2.45) is 0 Å². The Morgan fingerprint density at radius 1 is 0.879 bits per heavy atom. The van der Waals surface area contributed by atoms with Crippen LogP contribution in [0.3, 0.4) is 0 Å². The Labute approximate surface area is 197 Å². The minimum absolute atomic E-state index is 0.00401. The average molecular weight is 466 g/mol. The predicted octanol–water partition coefficient (Wildman–Crippen LogP) is 5.71. The third-order valence-corrected chi connectivity index (χ3v) is 7.41. The molecule has 5 nitrogen and oxygen atoms in total. The van der Waals surface area contributed by atoms with Gasteiger partial charge in [0.2, 0.25) is 0 Å². The Balaban J connectivity index is 1.95. The highest BCUT2D eigenvalue weighted by atomic mass is 32.2. The Morgan fingerprint density at radius 2 is 1.48 bits per heavy atom. The number of amides is 1. The number of carbonyl (C=O) groups excluding carboxylic acids is 1. The van der Waals surface area contributed by atoms with Gasteiger partial charge in [0.25, 0.3) is 15.9 Å². The monoisotopic (exact) mass is 465 g/mol. The fraction of sp³-hybridized carbons (Fsp3) is 0.296. The first-order valence-electron chi connectivity index (χ1n) is 10.9. The van der Waals surface area contributed by atoms with Crippen molar-refractivity contribution in [1.29, 1.82) is 0 Å². The van der Waals surface area contributed by atoms with Gasteiger partial charge in [-0.1, -0.05) is 62.7 Å². The van der Waals surface area contributed by atoms with Crippen LogP contribution in [0.1, 0.15) is 43.0 Å². The van der Waals surface area contributed by atoms with Crippen LogP contribution in [-0.4, -0.2) is 20.9 Å². The van der Waals surface area contributed by atoms with E-state index >= 15 is 0 Å². The standard InChI is InChI=1S/C27H31NO4S/c1-19-10-16-24(17-11-19)33(30,31)28(25-9-7-8-20(2)21(25)3)26(29)18-32-23-14-12-22(13-15-23)27(4,5)6/h7-17H,18H2,1-6H3. The summed E-state index contributed by atoms with van der Waals surface area (Å²) < 4.78 is 33.7. The van der Waals surface area contributed by atoms with Gasteiger partial charge in [0, 0.05) is 0 Å². The van der Waals surface area contributed by atoms with Crippen LogP contribution in [0.25, 0.3) is 0 Å². The minimum Gasteiger partial charge on any atom is -0.484 e. The number of sulfonamides is 1. The maximum Gasteiger partial charge on any atom is 0.278 e. The van der Waals surface area contributed by atoms with Crippen molar-refractivity contribution in [3.8, 4) is 5.75 Å². The Kier molecular flexibility index (Phi) is 6.98. The summed E-state index contributed by atoms with van der Waals surface area (Å²) in [6.45, 7) is 11.5. The number of benzene rings is 3. The molecule has 0 radical (unpaired) electrons. The van der Waals surface area contributed by atoms with Crippen LogP contribution in [0.15, 0.2) is 71.6 Å². The van der Waals surface area contributed by atoms with Crippen LogP contribution >= 0.6 is 0 Å². The average Bonchev–Trinajstić information content (AvgIpc) is 2.75. The first kappa shape index (κ1) is 24.5. The smallest absolute Gasteiger partial charge is 0.278 e. The summed E-state index contributed by atoms with van der Waals surface area (Å²) in [7, 11) is -4.14. The Bertz CT molecular complexity index is 1240. The van der Waals surface area contributed by atoms with Crippen molar-refractivity contribution in [2.45, 2.75) is 51.9 Å². The highest BCUT2D eigenvalue weighted by Gasteiger charge is 2.32. The summed E-state index contributed by atoms with van der Waals surface area (Å²) in [6.07, 6.45) is 0. The van der Waals surface area contributed by atoms with Crippen LogP contribution in [0, 0.1) is 20.8 Å². The predicted molar refractivity (Wildman–Crippen MR) is 132 cm³/mol. The van der Waals surface area contributed by atoms with Gasteiger partial charge in [0.15, 0.2) is 6.61 Å². The molecule has 0 atom stereocenters. The number of aryl methyl sites for hydroxylation is 2. The molecular weight excluding hydrogens is 434 g/mol. The highest BCUT2D eigenvalue weighted by Crippen LogP contribution is 2.29. The zero-order valence-corrected chi connectivity index (χ0v) is 20.9. The van der Waals surface area contributed by atoms with Crippen molar-refractivity contribution < 1.29 is 17.9 Å². The number of hydrogen-bond donors (Lipinski definition) is 0. The molecule has 3 rings (SSSR count). The number of nitrogens with zero attached hydrogens (tertiary/aromatic N) is 1. The lowest BCUT2D eigenvalue weighted by Gasteiger charge is -2.25. The SMILES string of the molecule is Cc1ccc(S(=O)(=O)N(C(=O)COc2ccc(C(C)(C)C)cc2)c2cccc(C)c2C)cc1. The quantitative estimate of drug-likeness (QED) is 0.468. The molecule has 0 bridgehead atoms. The maximum absolute atomic E-state index is 13.6. The van der Waals surface area contributed by atoms with Crippen LogP contribution in [0.2, 0.25) is 0 Å². The van der Waals surface area contributed by atoms with Gasteiger partial charge in [-0.05, 0) is 73.2 Å². The summed E-state index contributed by atoms with van der Waals surface area (Å²) in [5.74, 6) is -0.158. The molecule has 33 heavy (non-hydrogen) atoms.